The van der Waals surface area contributed by atoms with Crippen LogP contribution in [0.4, 0.5) is 4.39 Å². The first kappa shape index (κ1) is 20.8. The Morgan fingerprint density at radius 1 is 1.09 bits per heavy atom. The Bertz CT molecular complexity index is 1270. The zero-order chi connectivity index (χ0) is 22.1. The van der Waals surface area contributed by atoms with Crippen molar-refractivity contribution in [2.24, 2.45) is 0 Å². The summed E-state index contributed by atoms with van der Waals surface area (Å²) in [6.07, 6.45) is 8.74. The summed E-state index contributed by atoms with van der Waals surface area (Å²) < 4.78 is 16.7. The van der Waals surface area contributed by atoms with Crippen LogP contribution in [0.25, 0.3) is 17.1 Å². The summed E-state index contributed by atoms with van der Waals surface area (Å²) in [6, 6.07) is 8.63. The Labute approximate surface area is 184 Å². The Balaban J connectivity index is 1.15. The third-order valence-corrected chi connectivity index (χ3v) is 6.43. The smallest absolute Gasteiger partial charge is 0.252 e. The lowest BCUT2D eigenvalue weighted by atomic mass is 10.0. The van der Waals surface area contributed by atoms with Crippen molar-refractivity contribution in [1.82, 2.24) is 24.3 Å². The molecule has 3 aromatic rings. The number of nitrogens with zero attached hydrogens (tertiary/aromatic N) is 4. The molecular weight excluding hydrogens is 409 g/mol. The molecule has 1 unspecified atom stereocenters. The number of aromatic nitrogens is 3. The number of pyridine rings is 3. The lowest BCUT2D eigenvalue weighted by molar-refractivity contribution is 0.173. The van der Waals surface area contributed by atoms with Gasteiger partial charge < -0.3 is 10.2 Å². The molecule has 0 aromatic carbocycles. The number of rotatable bonds is 6. The second-order valence-corrected chi connectivity index (χ2v) is 8.58. The van der Waals surface area contributed by atoms with Gasteiger partial charge in [-0.1, -0.05) is 12.2 Å². The number of nitrogens with one attached hydrogen (secondary N) is 1. The standard InChI is InChI=1S/C24H26FN5O2/c25-19-12-17(13-26-14-19)2-1-9-27-20-7-10-28(11-8-20)15-21-16-29-22(31)5-3-18-4-6-23(32)30(21)24(18)29/h1-6,12-14,20-21,27H,7-11,15-16H2/b2-1+. The van der Waals surface area contributed by atoms with Gasteiger partial charge in [-0.3, -0.25) is 23.7 Å². The molecule has 0 aliphatic carbocycles. The molecule has 32 heavy (non-hydrogen) atoms. The molecule has 3 aromatic heterocycles. The number of piperidine rings is 1. The third kappa shape index (κ3) is 4.16. The van der Waals surface area contributed by atoms with Gasteiger partial charge in [0.2, 0.25) is 0 Å². The van der Waals surface area contributed by atoms with Gasteiger partial charge in [0.1, 0.15) is 11.5 Å². The Hall–Kier alpha value is -3.10. The van der Waals surface area contributed by atoms with Gasteiger partial charge in [-0.2, -0.15) is 0 Å². The minimum absolute atomic E-state index is 0.0198. The zero-order valence-electron chi connectivity index (χ0n) is 17.8. The second kappa shape index (κ2) is 8.80. The van der Waals surface area contributed by atoms with Crippen LogP contribution in [-0.4, -0.2) is 51.2 Å². The van der Waals surface area contributed by atoms with Gasteiger partial charge in [0.05, 0.1) is 12.2 Å². The quantitative estimate of drug-likeness (QED) is 0.642. The van der Waals surface area contributed by atoms with E-state index in [9.17, 15) is 14.0 Å². The highest BCUT2D eigenvalue weighted by Crippen LogP contribution is 2.25. The summed E-state index contributed by atoms with van der Waals surface area (Å²) in [4.78, 5) is 31.1. The summed E-state index contributed by atoms with van der Waals surface area (Å²) in [5.74, 6) is -0.332. The van der Waals surface area contributed by atoms with E-state index >= 15 is 0 Å². The van der Waals surface area contributed by atoms with Crippen LogP contribution in [-0.2, 0) is 6.54 Å². The molecular formula is C24H26FN5O2. The molecule has 8 heteroatoms. The summed E-state index contributed by atoms with van der Waals surface area (Å²) in [7, 11) is 0. The van der Waals surface area contributed by atoms with Crippen LogP contribution in [0.5, 0.6) is 0 Å². The van der Waals surface area contributed by atoms with Gasteiger partial charge in [0.15, 0.2) is 0 Å². The molecule has 2 aliphatic heterocycles. The largest absolute Gasteiger partial charge is 0.310 e. The van der Waals surface area contributed by atoms with Crippen molar-refractivity contribution in [2.45, 2.75) is 31.5 Å². The fraction of sp³-hybridized carbons (Fsp3) is 0.375. The molecule has 1 saturated heterocycles. The van der Waals surface area contributed by atoms with Crippen molar-refractivity contribution in [3.05, 3.63) is 80.9 Å². The molecule has 0 bridgehead atoms. The molecule has 0 spiro atoms. The number of likely N-dealkylation sites (tertiary alicyclic amines) is 1. The van der Waals surface area contributed by atoms with Crippen LogP contribution >= 0.6 is 0 Å². The van der Waals surface area contributed by atoms with Crippen LogP contribution in [0.1, 0.15) is 24.4 Å². The normalized spacial score (nSPS) is 19.3. The molecule has 166 valence electrons. The van der Waals surface area contributed by atoms with E-state index in [1.807, 2.05) is 12.2 Å². The van der Waals surface area contributed by atoms with Crippen molar-refractivity contribution in [3.8, 4) is 0 Å². The molecule has 2 aliphatic rings. The van der Waals surface area contributed by atoms with Gasteiger partial charge in [-0.05, 0) is 49.7 Å². The fourth-order valence-electron chi connectivity index (χ4n) is 4.86. The highest BCUT2D eigenvalue weighted by molar-refractivity contribution is 5.76. The zero-order valence-corrected chi connectivity index (χ0v) is 17.8. The first-order valence-corrected chi connectivity index (χ1v) is 11.1. The molecule has 1 atom stereocenters. The van der Waals surface area contributed by atoms with E-state index < -0.39 is 0 Å². The molecule has 5 rings (SSSR count). The van der Waals surface area contributed by atoms with Crippen LogP contribution in [0.3, 0.4) is 0 Å². The maximum Gasteiger partial charge on any atom is 0.252 e. The SMILES string of the molecule is O=c1ccc2ccc(=O)n3c2n1CC3CN1CCC(NC/C=C/c2cncc(F)c2)CC1. The Morgan fingerprint density at radius 2 is 1.88 bits per heavy atom. The maximum atomic E-state index is 13.2. The van der Waals surface area contributed by atoms with E-state index in [1.165, 1.54) is 12.3 Å². The molecule has 7 nitrogen and oxygen atoms in total. The van der Waals surface area contributed by atoms with Crippen LogP contribution in [0, 0.1) is 5.82 Å². The third-order valence-electron chi connectivity index (χ3n) is 6.43. The minimum Gasteiger partial charge on any atom is -0.310 e. The first-order valence-electron chi connectivity index (χ1n) is 11.1. The van der Waals surface area contributed by atoms with Crippen LogP contribution in [0.2, 0.25) is 0 Å². The van der Waals surface area contributed by atoms with Gasteiger partial charge >= 0.3 is 0 Å². The van der Waals surface area contributed by atoms with E-state index in [0.717, 1.165) is 55.6 Å². The van der Waals surface area contributed by atoms with E-state index in [-0.39, 0.29) is 23.0 Å². The molecule has 1 fully saturated rings. The summed E-state index contributed by atoms with van der Waals surface area (Å²) in [5.41, 5.74) is 1.40. The Morgan fingerprint density at radius 3 is 2.66 bits per heavy atom. The fourth-order valence-corrected chi connectivity index (χ4v) is 4.86. The van der Waals surface area contributed by atoms with E-state index in [0.29, 0.717) is 12.6 Å². The van der Waals surface area contributed by atoms with Crippen LogP contribution in [0.15, 0.2) is 58.4 Å². The van der Waals surface area contributed by atoms with Crippen molar-refractivity contribution in [2.75, 3.05) is 26.2 Å². The first-order chi connectivity index (χ1) is 15.6. The van der Waals surface area contributed by atoms with E-state index in [2.05, 4.69) is 15.2 Å². The highest BCUT2D eigenvalue weighted by Gasteiger charge is 2.29. The summed E-state index contributed by atoms with van der Waals surface area (Å²) in [6.45, 7) is 3.93. The summed E-state index contributed by atoms with van der Waals surface area (Å²) >= 11 is 0. The topological polar surface area (TPSA) is 72.2 Å². The molecule has 1 N–H and O–H groups in total. The predicted molar refractivity (Wildman–Crippen MR) is 122 cm³/mol. The molecule has 0 amide bonds. The monoisotopic (exact) mass is 435 g/mol. The number of halogens is 1. The number of hydrogen-bond acceptors (Lipinski definition) is 5. The molecule has 0 saturated carbocycles. The summed E-state index contributed by atoms with van der Waals surface area (Å²) in [5, 5.41) is 4.47. The van der Waals surface area contributed by atoms with Gasteiger partial charge in [-0.15, -0.1) is 0 Å². The van der Waals surface area contributed by atoms with Gasteiger partial charge in [0.25, 0.3) is 11.1 Å². The van der Waals surface area contributed by atoms with E-state index in [1.54, 1.807) is 39.6 Å². The molecule has 0 radical (unpaired) electrons. The second-order valence-electron chi connectivity index (χ2n) is 8.58. The van der Waals surface area contributed by atoms with Crippen LogP contribution < -0.4 is 16.4 Å². The number of hydrogen-bond donors (Lipinski definition) is 1. The van der Waals surface area contributed by atoms with Gasteiger partial charge in [0, 0.05) is 49.4 Å². The average molecular weight is 436 g/mol. The van der Waals surface area contributed by atoms with Crippen molar-refractivity contribution < 1.29 is 4.39 Å². The molecule has 5 heterocycles. The van der Waals surface area contributed by atoms with Crippen molar-refractivity contribution in [1.29, 1.82) is 0 Å². The highest BCUT2D eigenvalue weighted by atomic mass is 19.1. The van der Waals surface area contributed by atoms with Gasteiger partial charge in [-0.25, -0.2) is 4.39 Å². The minimum atomic E-state index is -0.332. The Kier molecular flexibility index (Phi) is 5.71. The van der Waals surface area contributed by atoms with Crippen molar-refractivity contribution in [3.63, 3.8) is 0 Å². The predicted octanol–water partition coefficient (Wildman–Crippen LogP) is 2.02. The van der Waals surface area contributed by atoms with E-state index in [4.69, 9.17) is 0 Å². The average Bonchev–Trinajstić information content (AvgIpc) is 3.18. The lowest BCUT2D eigenvalue weighted by Crippen LogP contribution is -2.44. The maximum absolute atomic E-state index is 13.2. The van der Waals surface area contributed by atoms with Crippen molar-refractivity contribution >= 4 is 17.1 Å². The lowest BCUT2D eigenvalue weighted by Gasteiger charge is -2.34.